The lowest BCUT2D eigenvalue weighted by atomic mass is 10.3. The Morgan fingerprint density at radius 2 is 2.33 bits per heavy atom. The molecule has 0 aliphatic heterocycles. The summed E-state index contributed by atoms with van der Waals surface area (Å²) in [5, 5.41) is 7.11. The van der Waals surface area contributed by atoms with E-state index in [1.165, 1.54) is 6.42 Å². The van der Waals surface area contributed by atoms with Gasteiger partial charge in [-0.05, 0) is 37.4 Å². The molecule has 4 nitrogen and oxygen atoms in total. The molecule has 2 rings (SSSR count). The maximum Gasteiger partial charge on any atom is 0.225 e. The lowest BCUT2D eigenvalue weighted by Gasteiger charge is -2.17. The number of nitrogens with one attached hydrogen (secondary N) is 1. The van der Waals surface area contributed by atoms with Crippen molar-refractivity contribution in [3.05, 3.63) is 4.77 Å². The molecule has 1 N–H and O–H groups in total. The Bertz CT molecular complexity index is 394. The van der Waals surface area contributed by atoms with Gasteiger partial charge in [0.25, 0.3) is 0 Å². The largest absolute Gasteiger partial charge is 0.344 e. The summed E-state index contributed by atoms with van der Waals surface area (Å²) in [5.74, 6) is 2.68. The number of anilines is 1. The van der Waals surface area contributed by atoms with Crippen molar-refractivity contribution in [3.8, 4) is 0 Å². The lowest BCUT2D eigenvalue weighted by molar-refractivity contribution is 0.673. The molecule has 1 saturated carbocycles. The van der Waals surface area contributed by atoms with Crippen molar-refractivity contribution in [1.29, 1.82) is 0 Å². The molecule has 0 spiro atoms. The van der Waals surface area contributed by atoms with Crippen LogP contribution in [0.15, 0.2) is 0 Å². The molecule has 0 amide bonds. The van der Waals surface area contributed by atoms with Crippen LogP contribution in [0.4, 0.5) is 5.95 Å². The molecule has 5 heteroatoms. The third-order valence-electron chi connectivity index (χ3n) is 3.18. The third-order valence-corrected chi connectivity index (χ3v) is 3.49. The highest BCUT2D eigenvalue weighted by molar-refractivity contribution is 7.71. The first-order valence-electron chi connectivity index (χ1n) is 5.49. The average molecular weight is 226 g/mol. The summed E-state index contributed by atoms with van der Waals surface area (Å²) in [4.78, 5) is 2.20. The number of hydrogen-bond acceptors (Lipinski definition) is 3. The minimum Gasteiger partial charge on any atom is -0.344 e. The van der Waals surface area contributed by atoms with E-state index in [4.69, 9.17) is 12.2 Å². The van der Waals surface area contributed by atoms with Crippen molar-refractivity contribution >= 4 is 18.2 Å². The van der Waals surface area contributed by atoms with E-state index in [-0.39, 0.29) is 0 Å². The van der Waals surface area contributed by atoms with E-state index < -0.39 is 0 Å². The molecule has 1 aliphatic rings. The first kappa shape index (κ1) is 10.7. The summed E-state index contributed by atoms with van der Waals surface area (Å²) < 4.78 is 2.74. The number of aromatic amines is 1. The summed E-state index contributed by atoms with van der Waals surface area (Å²) in [6.45, 7) is 6.34. The van der Waals surface area contributed by atoms with Gasteiger partial charge in [-0.3, -0.25) is 4.57 Å². The van der Waals surface area contributed by atoms with E-state index in [2.05, 4.69) is 36.0 Å². The molecule has 0 radical (unpaired) electrons. The molecular formula is C10H18N4S. The van der Waals surface area contributed by atoms with Crippen LogP contribution in [-0.2, 0) is 6.54 Å². The first-order valence-corrected chi connectivity index (χ1v) is 5.90. The van der Waals surface area contributed by atoms with Crippen LogP contribution in [0.25, 0.3) is 0 Å². The fourth-order valence-electron chi connectivity index (χ4n) is 1.97. The van der Waals surface area contributed by atoms with E-state index in [9.17, 15) is 0 Å². The van der Waals surface area contributed by atoms with Crippen LogP contribution in [0.2, 0.25) is 0 Å². The van der Waals surface area contributed by atoms with Gasteiger partial charge >= 0.3 is 0 Å². The highest BCUT2D eigenvalue weighted by Crippen LogP contribution is 2.38. The molecule has 1 aromatic heterocycles. The van der Waals surface area contributed by atoms with Crippen LogP contribution in [0.5, 0.6) is 0 Å². The zero-order valence-electron chi connectivity index (χ0n) is 9.53. The summed E-state index contributed by atoms with van der Waals surface area (Å²) in [6, 6.07) is 0. The van der Waals surface area contributed by atoms with Crippen molar-refractivity contribution in [3.63, 3.8) is 0 Å². The van der Waals surface area contributed by atoms with Gasteiger partial charge in [-0.25, -0.2) is 5.10 Å². The quantitative estimate of drug-likeness (QED) is 0.798. The second-order valence-corrected chi connectivity index (χ2v) is 4.81. The molecule has 0 bridgehead atoms. The smallest absolute Gasteiger partial charge is 0.225 e. The molecule has 1 aliphatic carbocycles. The van der Waals surface area contributed by atoms with Gasteiger partial charge in [-0.15, -0.1) is 5.10 Å². The Morgan fingerprint density at radius 3 is 2.87 bits per heavy atom. The van der Waals surface area contributed by atoms with Gasteiger partial charge in [-0.2, -0.15) is 0 Å². The Hall–Kier alpha value is -0.840. The fraction of sp³-hybridized carbons (Fsp3) is 0.800. The van der Waals surface area contributed by atoms with E-state index >= 15 is 0 Å². The highest BCUT2D eigenvalue weighted by atomic mass is 32.1. The molecule has 84 valence electrons. The molecular weight excluding hydrogens is 208 g/mol. The fourth-order valence-corrected chi connectivity index (χ4v) is 2.23. The zero-order valence-corrected chi connectivity index (χ0v) is 10.3. The van der Waals surface area contributed by atoms with Crippen LogP contribution < -0.4 is 4.90 Å². The first-order chi connectivity index (χ1) is 7.13. The van der Waals surface area contributed by atoms with Gasteiger partial charge in [0.2, 0.25) is 5.95 Å². The number of aromatic nitrogens is 3. The van der Waals surface area contributed by atoms with E-state index in [1.807, 2.05) is 4.57 Å². The zero-order chi connectivity index (χ0) is 11.0. The van der Waals surface area contributed by atoms with Crippen molar-refractivity contribution in [2.45, 2.75) is 26.8 Å². The lowest BCUT2D eigenvalue weighted by Crippen LogP contribution is -2.24. The normalized spacial score (nSPS) is 24.2. The number of nitrogens with zero attached hydrogens (tertiary/aromatic N) is 3. The Balaban J connectivity index is 2.10. The predicted molar refractivity (Wildman–Crippen MR) is 63.6 cm³/mol. The summed E-state index contributed by atoms with van der Waals surface area (Å²) in [6.07, 6.45) is 1.35. The molecule has 1 aromatic rings. The molecule has 2 atom stereocenters. The maximum atomic E-state index is 5.16. The summed E-state index contributed by atoms with van der Waals surface area (Å²) in [5.41, 5.74) is 0. The van der Waals surface area contributed by atoms with Gasteiger partial charge < -0.3 is 4.90 Å². The Kier molecular flexibility index (Phi) is 2.82. The Morgan fingerprint density at radius 1 is 1.67 bits per heavy atom. The molecule has 2 unspecified atom stereocenters. The van der Waals surface area contributed by atoms with Crippen LogP contribution in [0.3, 0.4) is 0 Å². The second-order valence-electron chi connectivity index (χ2n) is 4.43. The van der Waals surface area contributed by atoms with Crippen LogP contribution in [0, 0.1) is 16.6 Å². The number of rotatable bonds is 4. The topological polar surface area (TPSA) is 36.9 Å². The highest BCUT2D eigenvalue weighted by Gasteiger charge is 2.33. The minimum atomic E-state index is 0.711. The SMILES string of the molecule is CCn1c(N(C)CC2CC2C)n[nH]c1=S. The van der Waals surface area contributed by atoms with Crippen LogP contribution >= 0.6 is 12.2 Å². The van der Waals surface area contributed by atoms with Crippen LogP contribution in [-0.4, -0.2) is 28.4 Å². The number of hydrogen-bond donors (Lipinski definition) is 1. The van der Waals surface area contributed by atoms with Gasteiger partial charge in [-0.1, -0.05) is 6.92 Å². The van der Waals surface area contributed by atoms with E-state index in [0.717, 1.165) is 30.9 Å². The van der Waals surface area contributed by atoms with Gasteiger partial charge in [0.1, 0.15) is 0 Å². The molecule has 0 aromatic carbocycles. The van der Waals surface area contributed by atoms with Crippen molar-refractivity contribution < 1.29 is 0 Å². The monoisotopic (exact) mass is 226 g/mol. The summed E-state index contributed by atoms with van der Waals surface area (Å²) in [7, 11) is 2.09. The molecule has 1 fully saturated rings. The average Bonchev–Trinajstić information content (AvgIpc) is 2.76. The molecule has 15 heavy (non-hydrogen) atoms. The maximum absolute atomic E-state index is 5.16. The van der Waals surface area contributed by atoms with Crippen molar-refractivity contribution in [1.82, 2.24) is 14.8 Å². The standard InChI is InChI=1S/C10H18N4S/c1-4-14-9(11-12-10(14)15)13(3)6-8-5-7(8)2/h7-8H,4-6H2,1-3H3,(H,12,15). The van der Waals surface area contributed by atoms with Crippen LogP contribution in [0.1, 0.15) is 20.3 Å². The van der Waals surface area contributed by atoms with Gasteiger partial charge in [0, 0.05) is 20.1 Å². The van der Waals surface area contributed by atoms with Gasteiger partial charge in [0.15, 0.2) is 4.77 Å². The Labute approximate surface area is 95.3 Å². The van der Waals surface area contributed by atoms with Gasteiger partial charge in [0.05, 0.1) is 0 Å². The van der Waals surface area contributed by atoms with Crippen molar-refractivity contribution in [2.24, 2.45) is 11.8 Å². The molecule has 0 saturated heterocycles. The van der Waals surface area contributed by atoms with E-state index in [0.29, 0.717) is 4.77 Å². The minimum absolute atomic E-state index is 0.711. The van der Waals surface area contributed by atoms with Crippen molar-refractivity contribution in [2.75, 3.05) is 18.5 Å². The summed E-state index contributed by atoms with van der Waals surface area (Å²) >= 11 is 5.16. The second kappa shape index (κ2) is 3.96. The molecule has 1 heterocycles. The predicted octanol–water partition coefficient (Wildman–Crippen LogP) is 2.05. The van der Waals surface area contributed by atoms with E-state index in [1.54, 1.807) is 0 Å². The number of H-pyrrole nitrogens is 1. The third kappa shape index (κ3) is 2.07.